The molecule has 7 nitrogen and oxygen atoms in total. The maximum atomic E-state index is 15.1. The predicted octanol–water partition coefficient (Wildman–Crippen LogP) is 1.46. The number of aryl methyl sites for hydroxylation is 1. The summed E-state index contributed by atoms with van der Waals surface area (Å²) in [5.74, 6) is -1.71. The minimum Gasteiger partial charge on any atom is -0.477 e. The Kier molecular flexibility index (Phi) is 4.96. The van der Waals surface area contributed by atoms with Crippen molar-refractivity contribution < 1.29 is 19.8 Å². The van der Waals surface area contributed by atoms with Gasteiger partial charge < -0.3 is 25.4 Å². The Morgan fingerprint density at radius 1 is 1.37 bits per heavy atom. The normalized spacial score (nSPS) is 19.8. The number of anilines is 1. The van der Waals surface area contributed by atoms with Gasteiger partial charge in [-0.3, -0.25) is 4.79 Å². The molecule has 2 aromatic rings. The summed E-state index contributed by atoms with van der Waals surface area (Å²) in [6.07, 6.45) is 3.30. The van der Waals surface area contributed by atoms with Crippen LogP contribution in [0.3, 0.4) is 0 Å². The fraction of sp³-hybridized carbons (Fsp3) is 0.474. The van der Waals surface area contributed by atoms with Gasteiger partial charge >= 0.3 is 5.97 Å². The van der Waals surface area contributed by atoms with Gasteiger partial charge in [0.2, 0.25) is 5.43 Å². The van der Waals surface area contributed by atoms with Gasteiger partial charge in [0.25, 0.3) is 0 Å². The molecule has 0 bridgehead atoms. The lowest BCUT2D eigenvalue weighted by atomic mass is 10.0. The standard InChI is InChI=1S/C19H22FN3O3.H2O/c1-10-8-22(6-5-21-10)15-7-14-16(11(2)17(15)20)18(24)13(19(25)26)9-23(14)12-3-4-12;/h7,9-10,12,21H,3-6,8H2,1-2H3,(H,25,26);1H2/t10-;/m1./s1. The molecule has 27 heavy (non-hydrogen) atoms. The molecule has 1 aliphatic carbocycles. The summed E-state index contributed by atoms with van der Waals surface area (Å²) in [5.41, 5.74) is 0.436. The highest BCUT2D eigenvalue weighted by atomic mass is 19.1. The van der Waals surface area contributed by atoms with Gasteiger partial charge in [-0.05, 0) is 32.8 Å². The summed E-state index contributed by atoms with van der Waals surface area (Å²) in [4.78, 5) is 26.2. The monoisotopic (exact) mass is 377 g/mol. The third kappa shape index (κ3) is 3.19. The number of aromatic nitrogens is 1. The quantitative estimate of drug-likeness (QED) is 0.842. The SMILES string of the molecule is Cc1c(F)c(N2CCN[C@H](C)C2)cc2c1c(=O)c(C(=O)O)cn2C1CC1.O. The van der Waals surface area contributed by atoms with E-state index in [1.54, 1.807) is 13.0 Å². The van der Waals surface area contributed by atoms with Crippen LogP contribution >= 0.6 is 0 Å². The first-order valence-corrected chi connectivity index (χ1v) is 8.98. The van der Waals surface area contributed by atoms with E-state index in [2.05, 4.69) is 12.2 Å². The maximum Gasteiger partial charge on any atom is 0.341 e. The van der Waals surface area contributed by atoms with Crippen molar-refractivity contribution in [2.24, 2.45) is 0 Å². The van der Waals surface area contributed by atoms with E-state index in [4.69, 9.17) is 0 Å². The van der Waals surface area contributed by atoms with Gasteiger partial charge in [0.1, 0.15) is 11.4 Å². The number of fused-ring (bicyclic) bond motifs is 1. The second kappa shape index (κ2) is 6.94. The van der Waals surface area contributed by atoms with E-state index < -0.39 is 17.2 Å². The summed E-state index contributed by atoms with van der Waals surface area (Å²) in [6, 6.07) is 2.15. The molecule has 1 aliphatic heterocycles. The largest absolute Gasteiger partial charge is 0.477 e. The Balaban J connectivity index is 0.00000210. The summed E-state index contributed by atoms with van der Waals surface area (Å²) >= 11 is 0. The highest BCUT2D eigenvalue weighted by molar-refractivity contribution is 5.95. The molecule has 1 saturated heterocycles. The second-order valence-corrected chi connectivity index (χ2v) is 7.35. The third-order valence-corrected chi connectivity index (χ3v) is 5.36. The van der Waals surface area contributed by atoms with Crippen molar-refractivity contribution in [1.82, 2.24) is 9.88 Å². The van der Waals surface area contributed by atoms with Crippen LogP contribution in [0.4, 0.5) is 10.1 Å². The number of benzene rings is 1. The van der Waals surface area contributed by atoms with Crippen LogP contribution < -0.4 is 15.6 Å². The molecule has 2 aliphatic rings. The van der Waals surface area contributed by atoms with Crippen molar-refractivity contribution >= 4 is 22.6 Å². The molecule has 2 fully saturated rings. The molecule has 8 heteroatoms. The van der Waals surface area contributed by atoms with E-state index in [9.17, 15) is 14.7 Å². The summed E-state index contributed by atoms with van der Waals surface area (Å²) in [5, 5.41) is 12.9. The van der Waals surface area contributed by atoms with Gasteiger partial charge in [-0.15, -0.1) is 0 Å². The molecule has 2 heterocycles. The Labute approximate surface area is 155 Å². The first kappa shape index (κ1) is 19.3. The van der Waals surface area contributed by atoms with Crippen LogP contribution in [0.2, 0.25) is 0 Å². The summed E-state index contributed by atoms with van der Waals surface area (Å²) in [6.45, 7) is 5.76. The Bertz CT molecular complexity index is 968. The third-order valence-electron chi connectivity index (χ3n) is 5.36. The molecule has 146 valence electrons. The topological polar surface area (TPSA) is 106 Å². The molecular weight excluding hydrogens is 353 g/mol. The van der Waals surface area contributed by atoms with Crippen LogP contribution in [0.25, 0.3) is 10.9 Å². The minimum atomic E-state index is -1.27. The maximum absolute atomic E-state index is 15.1. The van der Waals surface area contributed by atoms with Crippen molar-refractivity contribution in [3.63, 3.8) is 0 Å². The zero-order valence-corrected chi connectivity index (χ0v) is 15.4. The number of aromatic carboxylic acids is 1. The van der Waals surface area contributed by atoms with E-state index in [1.807, 2.05) is 9.47 Å². The van der Waals surface area contributed by atoms with Crippen molar-refractivity contribution in [3.05, 3.63) is 39.4 Å². The molecule has 0 radical (unpaired) electrons. The van der Waals surface area contributed by atoms with Gasteiger partial charge in [0.15, 0.2) is 0 Å². The number of hydrogen-bond acceptors (Lipinski definition) is 4. The smallest absolute Gasteiger partial charge is 0.341 e. The molecule has 1 atom stereocenters. The lowest BCUT2D eigenvalue weighted by Gasteiger charge is -2.34. The molecular formula is C19H24FN3O4. The van der Waals surface area contributed by atoms with Crippen LogP contribution in [0.5, 0.6) is 0 Å². The van der Waals surface area contributed by atoms with E-state index in [0.29, 0.717) is 24.3 Å². The lowest BCUT2D eigenvalue weighted by molar-refractivity contribution is 0.0695. The number of piperazine rings is 1. The molecule has 4 N–H and O–H groups in total. The molecule has 4 rings (SSSR count). The number of pyridine rings is 1. The van der Waals surface area contributed by atoms with Crippen LogP contribution in [0, 0.1) is 12.7 Å². The Hall–Kier alpha value is -2.45. The van der Waals surface area contributed by atoms with Crippen LogP contribution in [-0.2, 0) is 0 Å². The van der Waals surface area contributed by atoms with Gasteiger partial charge in [-0.25, -0.2) is 9.18 Å². The van der Waals surface area contributed by atoms with Gasteiger partial charge in [0.05, 0.1) is 16.6 Å². The number of halogens is 1. The van der Waals surface area contributed by atoms with Crippen molar-refractivity contribution in [3.8, 4) is 0 Å². The number of carboxylic acid groups (broad SMARTS) is 1. The number of carboxylic acids is 1. The Morgan fingerprint density at radius 2 is 2.07 bits per heavy atom. The highest BCUT2D eigenvalue weighted by Crippen LogP contribution is 2.39. The number of nitrogens with one attached hydrogen (secondary N) is 1. The number of nitrogens with zero attached hydrogens (tertiary/aromatic N) is 2. The highest BCUT2D eigenvalue weighted by Gasteiger charge is 2.29. The van der Waals surface area contributed by atoms with Crippen molar-refractivity contribution in [2.75, 3.05) is 24.5 Å². The van der Waals surface area contributed by atoms with Gasteiger partial charge in [-0.2, -0.15) is 0 Å². The summed E-state index contributed by atoms with van der Waals surface area (Å²) in [7, 11) is 0. The molecule has 1 aromatic heterocycles. The average Bonchev–Trinajstić information content (AvgIpc) is 3.42. The van der Waals surface area contributed by atoms with Crippen LogP contribution in [-0.4, -0.2) is 46.8 Å². The van der Waals surface area contributed by atoms with Crippen molar-refractivity contribution in [1.29, 1.82) is 0 Å². The molecule has 0 unspecified atom stereocenters. The van der Waals surface area contributed by atoms with Crippen LogP contribution in [0.15, 0.2) is 17.1 Å². The molecule has 0 spiro atoms. The van der Waals surface area contributed by atoms with Gasteiger partial charge in [0, 0.05) is 43.5 Å². The zero-order valence-electron chi connectivity index (χ0n) is 15.4. The van der Waals surface area contributed by atoms with E-state index in [1.165, 1.54) is 6.20 Å². The number of carbonyl (C=O) groups is 1. The molecule has 0 amide bonds. The minimum absolute atomic E-state index is 0. The summed E-state index contributed by atoms with van der Waals surface area (Å²) < 4.78 is 17.0. The van der Waals surface area contributed by atoms with E-state index in [-0.39, 0.29) is 34.1 Å². The zero-order chi connectivity index (χ0) is 18.6. The van der Waals surface area contributed by atoms with E-state index >= 15 is 4.39 Å². The first-order valence-electron chi connectivity index (χ1n) is 8.98. The van der Waals surface area contributed by atoms with Crippen LogP contribution in [0.1, 0.15) is 41.7 Å². The number of hydrogen-bond donors (Lipinski definition) is 2. The van der Waals surface area contributed by atoms with Crippen molar-refractivity contribution in [2.45, 2.75) is 38.8 Å². The lowest BCUT2D eigenvalue weighted by Crippen LogP contribution is -2.49. The fourth-order valence-electron chi connectivity index (χ4n) is 3.84. The number of rotatable bonds is 3. The fourth-order valence-corrected chi connectivity index (χ4v) is 3.84. The predicted molar refractivity (Wildman–Crippen MR) is 101 cm³/mol. The Morgan fingerprint density at radius 3 is 2.67 bits per heavy atom. The first-order chi connectivity index (χ1) is 12.4. The molecule has 1 aromatic carbocycles. The second-order valence-electron chi connectivity index (χ2n) is 7.35. The van der Waals surface area contributed by atoms with Gasteiger partial charge in [-0.1, -0.05) is 0 Å². The molecule has 1 saturated carbocycles. The average molecular weight is 377 g/mol. The van der Waals surface area contributed by atoms with E-state index in [0.717, 1.165) is 19.4 Å².